The van der Waals surface area contributed by atoms with Crippen molar-refractivity contribution in [1.29, 1.82) is 0 Å². The van der Waals surface area contributed by atoms with Crippen LogP contribution in [0.3, 0.4) is 0 Å². The highest BCUT2D eigenvalue weighted by atomic mass is 16.5. The fourth-order valence-corrected chi connectivity index (χ4v) is 3.02. The Balaban J connectivity index is 1.83. The molecule has 0 bridgehead atoms. The molecule has 110 valence electrons. The zero-order chi connectivity index (χ0) is 15.3. The van der Waals surface area contributed by atoms with E-state index < -0.39 is 6.23 Å². The number of anilines is 2. The van der Waals surface area contributed by atoms with E-state index >= 15 is 0 Å². The average Bonchev–Trinajstić information content (AvgIpc) is 2.68. The third-order valence-electron chi connectivity index (χ3n) is 4.04. The SMILES string of the molecule is Cc1cc(C)c2c(c1)C(=O)C1=CNc3ccccc3N[C@H]1O2. The van der Waals surface area contributed by atoms with Crippen LogP contribution in [0.25, 0.3) is 0 Å². The molecule has 4 heteroatoms. The van der Waals surface area contributed by atoms with Gasteiger partial charge in [0.05, 0.1) is 22.5 Å². The summed E-state index contributed by atoms with van der Waals surface area (Å²) in [6.45, 7) is 3.96. The van der Waals surface area contributed by atoms with Crippen LogP contribution in [-0.2, 0) is 0 Å². The lowest BCUT2D eigenvalue weighted by Crippen LogP contribution is -2.36. The Morgan fingerprint density at radius 2 is 1.86 bits per heavy atom. The van der Waals surface area contributed by atoms with E-state index in [4.69, 9.17) is 4.74 Å². The van der Waals surface area contributed by atoms with Crippen LogP contribution in [0, 0.1) is 13.8 Å². The molecule has 0 radical (unpaired) electrons. The van der Waals surface area contributed by atoms with Gasteiger partial charge in [0.2, 0.25) is 6.23 Å². The third-order valence-corrected chi connectivity index (χ3v) is 4.04. The Hall–Kier alpha value is -2.75. The highest BCUT2D eigenvalue weighted by Crippen LogP contribution is 2.37. The van der Waals surface area contributed by atoms with E-state index in [9.17, 15) is 4.79 Å². The monoisotopic (exact) mass is 292 g/mol. The van der Waals surface area contributed by atoms with Gasteiger partial charge >= 0.3 is 0 Å². The number of fused-ring (bicyclic) bond motifs is 3. The topological polar surface area (TPSA) is 50.4 Å². The number of ether oxygens (including phenoxy) is 1. The molecule has 2 aromatic carbocycles. The summed E-state index contributed by atoms with van der Waals surface area (Å²) in [4.78, 5) is 12.8. The second-order valence-corrected chi connectivity index (χ2v) is 5.72. The Labute approximate surface area is 128 Å². The van der Waals surface area contributed by atoms with Gasteiger partial charge in [-0.15, -0.1) is 0 Å². The van der Waals surface area contributed by atoms with Gasteiger partial charge < -0.3 is 15.4 Å². The van der Waals surface area contributed by atoms with E-state index in [0.29, 0.717) is 16.9 Å². The van der Waals surface area contributed by atoms with E-state index in [2.05, 4.69) is 10.6 Å². The summed E-state index contributed by atoms with van der Waals surface area (Å²) in [5.41, 5.74) is 5.11. The summed E-state index contributed by atoms with van der Waals surface area (Å²) in [6, 6.07) is 11.7. The molecule has 2 aliphatic heterocycles. The molecule has 4 rings (SSSR count). The highest BCUT2D eigenvalue weighted by molar-refractivity contribution is 6.13. The molecule has 2 aromatic rings. The lowest BCUT2D eigenvalue weighted by Gasteiger charge is -2.29. The predicted molar refractivity (Wildman–Crippen MR) is 86.4 cm³/mol. The molecule has 22 heavy (non-hydrogen) atoms. The summed E-state index contributed by atoms with van der Waals surface area (Å²) in [5, 5.41) is 6.49. The fourth-order valence-electron chi connectivity index (χ4n) is 3.02. The second-order valence-electron chi connectivity index (χ2n) is 5.72. The van der Waals surface area contributed by atoms with E-state index in [1.165, 1.54) is 0 Å². The Morgan fingerprint density at radius 3 is 2.68 bits per heavy atom. The number of hydrogen-bond donors (Lipinski definition) is 2. The normalized spacial score (nSPS) is 18.5. The smallest absolute Gasteiger partial charge is 0.201 e. The molecule has 0 aromatic heterocycles. The summed E-state index contributed by atoms with van der Waals surface area (Å²) < 4.78 is 6.09. The van der Waals surface area contributed by atoms with E-state index in [0.717, 1.165) is 22.5 Å². The maximum atomic E-state index is 12.8. The first-order valence-corrected chi connectivity index (χ1v) is 7.28. The molecule has 0 unspecified atom stereocenters. The standard InChI is InChI=1S/C18H16N2O2/c1-10-7-11(2)17-12(8-10)16(21)13-9-19-14-5-3-4-6-15(14)20-18(13)22-17/h3-9,18-20H,1-2H3/t18-/m0/s1. The van der Waals surface area contributed by atoms with Crippen molar-refractivity contribution in [3.8, 4) is 5.75 Å². The van der Waals surface area contributed by atoms with Crippen LogP contribution in [0.2, 0.25) is 0 Å². The lowest BCUT2D eigenvalue weighted by molar-refractivity contribution is 0.0973. The van der Waals surface area contributed by atoms with Gasteiger partial charge in [-0.25, -0.2) is 0 Å². The zero-order valence-corrected chi connectivity index (χ0v) is 12.4. The van der Waals surface area contributed by atoms with Crippen molar-refractivity contribution in [3.05, 3.63) is 64.9 Å². The molecule has 2 aliphatic rings. The number of Topliss-reactive ketones (excluding diaryl/α,β-unsaturated/α-hetero) is 1. The summed E-state index contributed by atoms with van der Waals surface area (Å²) in [6.07, 6.45) is 1.27. The minimum absolute atomic E-state index is 0.00542. The van der Waals surface area contributed by atoms with E-state index in [1.807, 2.05) is 50.2 Å². The zero-order valence-electron chi connectivity index (χ0n) is 12.4. The number of nitrogens with one attached hydrogen (secondary N) is 2. The minimum atomic E-state index is -0.474. The van der Waals surface area contributed by atoms with Crippen LogP contribution in [0.5, 0.6) is 5.75 Å². The van der Waals surface area contributed by atoms with Gasteiger partial charge in [-0.2, -0.15) is 0 Å². The number of benzene rings is 2. The van der Waals surface area contributed by atoms with Crippen molar-refractivity contribution in [1.82, 2.24) is 0 Å². The number of carbonyl (C=O) groups is 1. The van der Waals surface area contributed by atoms with Crippen LogP contribution < -0.4 is 15.4 Å². The van der Waals surface area contributed by atoms with Gasteiger partial charge in [0.15, 0.2) is 5.78 Å². The number of para-hydroxylation sites is 2. The van der Waals surface area contributed by atoms with Crippen LogP contribution in [-0.4, -0.2) is 12.0 Å². The van der Waals surface area contributed by atoms with Crippen LogP contribution in [0.15, 0.2) is 48.2 Å². The van der Waals surface area contributed by atoms with Crippen molar-refractivity contribution in [2.75, 3.05) is 10.6 Å². The van der Waals surface area contributed by atoms with Crippen molar-refractivity contribution < 1.29 is 9.53 Å². The molecule has 0 saturated carbocycles. The molecule has 0 amide bonds. The molecular weight excluding hydrogens is 276 g/mol. The first-order valence-electron chi connectivity index (χ1n) is 7.28. The lowest BCUT2D eigenvalue weighted by atomic mass is 9.95. The van der Waals surface area contributed by atoms with Crippen molar-refractivity contribution >= 4 is 17.2 Å². The third kappa shape index (κ3) is 1.88. The predicted octanol–water partition coefficient (Wildman–Crippen LogP) is 3.63. The van der Waals surface area contributed by atoms with Crippen LogP contribution in [0.1, 0.15) is 21.5 Å². The first kappa shape index (κ1) is 13.0. The first-order chi connectivity index (χ1) is 10.6. The van der Waals surface area contributed by atoms with Gasteiger partial charge in [0.1, 0.15) is 5.75 Å². The largest absolute Gasteiger partial charge is 0.465 e. The molecule has 0 spiro atoms. The number of ketones is 1. The van der Waals surface area contributed by atoms with E-state index in [1.54, 1.807) is 6.20 Å². The molecule has 2 N–H and O–H groups in total. The molecule has 0 fully saturated rings. The minimum Gasteiger partial charge on any atom is -0.465 e. The van der Waals surface area contributed by atoms with Crippen molar-refractivity contribution in [2.24, 2.45) is 0 Å². The maximum absolute atomic E-state index is 12.8. The number of aryl methyl sites for hydroxylation is 2. The van der Waals surface area contributed by atoms with Crippen LogP contribution in [0.4, 0.5) is 11.4 Å². The maximum Gasteiger partial charge on any atom is 0.201 e. The van der Waals surface area contributed by atoms with Crippen molar-refractivity contribution in [3.63, 3.8) is 0 Å². The summed E-state index contributed by atoms with van der Waals surface area (Å²) in [5.74, 6) is 0.676. The quantitative estimate of drug-likeness (QED) is 0.778. The molecule has 0 saturated heterocycles. The summed E-state index contributed by atoms with van der Waals surface area (Å²) >= 11 is 0. The average molecular weight is 292 g/mol. The highest BCUT2D eigenvalue weighted by Gasteiger charge is 2.34. The van der Waals surface area contributed by atoms with Crippen LogP contribution >= 0.6 is 0 Å². The van der Waals surface area contributed by atoms with Gasteiger partial charge in [0, 0.05) is 6.20 Å². The van der Waals surface area contributed by atoms with Gasteiger partial charge in [-0.3, -0.25) is 4.79 Å². The van der Waals surface area contributed by atoms with Gasteiger partial charge in [-0.1, -0.05) is 18.2 Å². The van der Waals surface area contributed by atoms with Gasteiger partial charge in [-0.05, 0) is 43.2 Å². The number of carbonyl (C=O) groups excluding carboxylic acids is 1. The number of rotatable bonds is 0. The second kappa shape index (κ2) is 4.63. The fraction of sp³-hybridized carbons (Fsp3) is 0.167. The molecule has 2 heterocycles. The molecule has 4 nitrogen and oxygen atoms in total. The molecule has 0 aliphatic carbocycles. The summed E-state index contributed by atoms with van der Waals surface area (Å²) in [7, 11) is 0. The van der Waals surface area contributed by atoms with Crippen molar-refractivity contribution in [2.45, 2.75) is 20.1 Å². The Bertz CT molecular complexity index is 824. The molecule has 1 atom stereocenters. The Kier molecular flexibility index (Phi) is 2.73. The van der Waals surface area contributed by atoms with Gasteiger partial charge in [0.25, 0.3) is 0 Å². The molecular formula is C18H16N2O2. The number of hydrogen-bond acceptors (Lipinski definition) is 4. The Morgan fingerprint density at radius 1 is 1.09 bits per heavy atom. The van der Waals surface area contributed by atoms with E-state index in [-0.39, 0.29) is 5.78 Å².